The molecule has 3 rings (SSSR count). The lowest BCUT2D eigenvalue weighted by Crippen LogP contribution is -2.35. The number of aromatic amines is 1. The number of H-pyrrole nitrogens is 1. The number of hydrogen-bond donors (Lipinski definition) is 3. The number of oxime groups is 1. The van der Waals surface area contributed by atoms with Crippen LogP contribution >= 0.6 is 0 Å². The molecule has 0 bridgehead atoms. The number of urea groups is 1. The van der Waals surface area contributed by atoms with Gasteiger partial charge in [-0.1, -0.05) is 12.1 Å². The van der Waals surface area contributed by atoms with E-state index in [9.17, 15) is 4.79 Å². The van der Waals surface area contributed by atoms with Gasteiger partial charge < -0.3 is 15.5 Å². The van der Waals surface area contributed by atoms with E-state index in [2.05, 4.69) is 31.0 Å². The SMILES string of the molecule is CCC1=NO[C@@H](CNC(=O)Nc2ccc(-c3n[nH]c(C)n3)cc2)C1. The number of benzene rings is 1. The van der Waals surface area contributed by atoms with Crippen molar-refractivity contribution < 1.29 is 9.63 Å². The fourth-order valence-electron chi connectivity index (χ4n) is 2.36. The Morgan fingerprint density at radius 2 is 2.17 bits per heavy atom. The van der Waals surface area contributed by atoms with Crippen molar-refractivity contribution in [1.82, 2.24) is 20.5 Å². The predicted octanol–water partition coefficient (Wildman–Crippen LogP) is 2.46. The maximum absolute atomic E-state index is 11.9. The van der Waals surface area contributed by atoms with Gasteiger partial charge in [0.2, 0.25) is 0 Å². The van der Waals surface area contributed by atoms with Gasteiger partial charge in [0.25, 0.3) is 0 Å². The Labute approximate surface area is 139 Å². The molecule has 1 aliphatic heterocycles. The summed E-state index contributed by atoms with van der Waals surface area (Å²) in [5.41, 5.74) is 2.61. The third kappa shape index (κ3) is 3.89. The number of anilines is 1. The lowest BCUT2D eigenvalue weighted by molar-refractivity contribution is 0.0870. The van der Waals surface area contributed by atoms with Gasteiger partial charge in [0, 0.05) is 17.7 Å². The average Bonchev–Trinajstić information content (AvgIpc) is 3.22. The van der Waals surface area contributed by atoms with E-state index in [1.807, 2.05) is 38.1 Å². The zero-order chi connectivity index (χ0) is 16.9. The third-order valence-electron chi connectivity index (χ3n) is 3.69. The van der Waals surface area contributed by atoms with E-state index in [0.29, 0.717) is 18.1 Å². The molecule has 1 aliphatic rings. The first-order chi connectivity index (χ1) is 11.6. The number of hydrogen-bond acceptors (Lipinski definition) is 5. The Balaban J connectivity index is 1.48. The summed E-state index contributed by atoms with van der Waals surface area (Å²) in [7, 11) is 0. The van der Waals surface area contributed by atoms with Gasteiger partial charge in [0.05, 0.1) is 12.3 Å². The maximum atomic E-state index is 11.9. The normalized spacial score (nSPS) is 16.4. The summed E-state index contributed by atoms with van der Waals surface area (Å²) >= 11 is 0. The van der Waals surface area contributed by atoms with Crippen molar-refractivity contribution in [2.45, 2.75) is 32.8 Å². The van der Waals surface area contributed by atoms with Crippen LogP contribution in [0.1, 0.15) is 25.6 Å². The van der Waals surface area contributed by atoms with Crippen molar-refractivity contribution in [3.8, 4) is 11.4 Å². The van der Waals surface area contributed by atoms with E-state index in [0.717, 1.165) is 29.9 Å². The van der Waals surface area contributed by atoms with Crippen molar-refractivity contribution >= 4 is 17.4 Å². The number of aromatic nitrogens is 3. The molecule has 126 valence electrons. The Kier molecular flexibility index (Phi) is 4.74. The molecule has 2 amide bonds. The first-order valence-electron chi connectivity index (χ1n) is 7.90. The number of carbonyl (C=O) groups is 1. The second kappa shape index (κ2) is 7.12. The van der Waals surface area contributed by atoms with Crippen LogP contribution in [0, 0.1) is 6.92 Å². The predicted molar refractivity (Wildman–Crippen MR) is 90.8 cm³/mol. The zero-order valence-electron chi connectivity index (χ0n) is 13.7. The minimum atomic E-state index is -0.273. The van der Waals surface area contributed by atoms with Gasteiger partial charge in [0.15, 0.2) is 5.82 Å². The van der Waals surface area contributed by atoms with E-state index in [1.54, 1.807) is 0 Å². The first-order valence-corrected chi connectivity index (χ1v) is 7.90. The molecule has 8 nitrogen and oxygen atoms in total. The molecule has 0 unspecified atom stereocenters. The quantitative estimate of drug-likeness (QED) is 0.784. The number of amides is 2. The van der Waals surface area contributed by atoms with Crippen LogP contribution in [0.5, 0.6) is 0 Å². The molecular formula is C16H20N6O2. The number of nitrogens with one attached hydrogen (secondary N) is 3. The van der Waals surface area contributed by atoms with Gasteiger partial charge in [-0.2, -0.15) is 5.10 Å². The molecule has 0 radical (unpaired) electrons. The smallest absolute Gasteiger partial charge is 0.319 e. The summed E-state index contributed by atoms with van der Waals surface area (Å²) in [5, 5.41) is 16.4. The molecular weight excluding hydrogens is 308 g/mol. The van der Waals surface area contributed by atoms with Crippen molar-refractivity contribution in [3.63, 3.8) is 0 Å². The van der Waals surface area contributed by atoms with Gasteiger partial charge in [-0.3, -0.25) is 5.10 Å². The molecule has 1 atom stereocenters. The van der Waals surface area contributed by atoms with Crippen LogP contribution in [0.2, 0.25) is 0 Å². The molecule has 1 aromatic heterocycles. The average molecular weight is 328 g/mol. The molecule has 8 heteroatoms. The van der Waals surface area contributed by atoms with Crippen LogP contribution in [0.4, 0.5) is 10.5 Å². The lowest BCUT2D eigenvalue weighted by Gasteiger charge is -2.11. The zero-order valence-corrected chi connectivity index (χ0v) is 13.7. The molecule has 0 fully saturated rings. The first kappa shape index (κ1) is 16.0. The minimum Gasteiger partial charge on any atom is -0.390 e. The number of rotatable bonds is 5. The van der Waals surface area contributed by atoms with Gasteiger partial charge in [-0.25, -0.2) is 9.78 Å². The van der Waals surface area contributed by atoms with E-state index >= 15 is 0 Å². The summed E-state index contributed by atoms with van der Waals surface area (Å²) in [6, 6.07) is 7.07. The molecule has 1 aromatic carbocycles. The van der Waals surface area contributed by atoms with E-state index in [1.165, 1.54) is 0 Å². The van der Waals surface area contributed by atoms with Crippen LogP contribution in [0.25, 0.3) is 11.4 Å². The third-order valence-corrected chi connectivity index (χ3v) is 3.69. The van der Waals surface area contributed by atoms with Gasteiger partial charge in [-0.05, 0) is 37.6 Å². The Morgan fingerprint density at radius 1 is 1.38 bits per heavy atom. The van der Waals surface area contributed by atoms with Gasteiger partial charge >= 0.3 is 6.03 Å². The van der Waals surface area contributed by atoms with Gasteiger partial charge in [-0.15, -0.1) is 0 Å². The fourth-order valence-corrected chi connectivity index (χ4v) is 2.36. The lowest BCUT2D eigenvalue weighted by atomic mass is 10.1. The molecule has 24 heavy (non-hydrogen) atoms. The van der Waals surface area contributed by atoms with Crippen LogP contribution in [0.3, 0.4) is 0 Å². The van der Waals surface area contributed by atoms with Crippen LogP contribution in [0.15, 0.2) is 29.4 Å². The summed E-state index contributed by atoms with van der Waals surface area (Å²) in [6.45, 7) is 4.31. The number of carbonyl (C=O) groups excluding carboxylic acids is 1. The van der Waals surface area contributed by atoms with Crippen LogP contribution < -0.4 is 10.6 Å². The summed E-state index contributed by atoms with van der Waals surface area (Å²) in [5.74, 6) is 1.39. The highest BCUT2D eigenvalue weighted by atomic mass is 16.6. The molecule has 0 spiro atoms. The molecule has 0 saturated carbocycles. The maximum Gasteiger partial charge on any atom is 0.319 e. The topological polar surface area (TPSA) is 104 Å². The van der Waals surface area contributed by atoms with Crippen LogP contribution in [-0.4, -0.2) is 39.6 Å². The molecule has 0 saturated heterocycles. The van der Waals surface area contributed by atoms with Crippen molar-refractivity contribution in [2.75, 3.05) is 11.9 Å². The summed E-state index contributed by atoms with van der Waals surface area (Å²) < 4.78 is 0. The highest BCUT2D eigenvalue weighted by molar-refractivity contribution is 5.89. The highest BCUT2D eigenvalue weighted by Crippen LogP contribution is 2.18. The molecule has 2 heterocycles. The van der Waals surface area contributed by atoms with E-state index < -0.39 is 0 Å². The van der Waals surface area contributed by atoms with Crippen LogP contribution in [-0.2, 0) is 4.84 Å². The monoisotopic (exact) mass is 328 g/mol. The Hall–Kier alpha value is -2.90. The largest absolute Gasteiger partial charge is 0.390 e. The molecule has 3 N–H and O–H groups in total. The number of aryl methyl sites for hydroxylation is 1. The minimum absolute atomic E-state index is 0.0814. The second-order valence-electron chi connectivity index (χ2n) is 5.60. The number of nitrogens with zero attached hydrogens (tertiary/aromatic N) is 3. The Bertz CT molecular complexity index is 737. The van der Waals surface area contributed by atoms with Crippen molar-refractivity contribution in [2.24, 2.45) is 5.16 Å². The Morgan fingerprint density at radius 3 is 2.79 bits per heavy atom. The van der Waals surface area contributed by atoms with Crippen molar-refractivity contribution in [3.05, 3.63) is 30.1 Å². The van der Waals surface area contributed by atoms with Crippen molar-refractivity contribution in [1.29, 1.82) is 0 Å². The standard InChI is InChI=1S/C16H20N6O2/c1-3-12-8-14(24-22-12)9-17-16(23)19-13-6-4-11(5-7-13)15-18-10(2)20-21-15/h4-7,14H,3,8-9H2,1-2H3,(H2,17,19,23)(H,18,20,21)/t14-/m1/s1. The molecule has 0 aliphatic carbocycles. The molecule has 2 aromatic rings. The summed E-state index contributed by atoms with van der Waals surface area (Å²) in [4.78, 5) is 21.5. The highest BCUT2D eigenvalue weighted by Gasteiger charge is 2.20. The second-order valence-corrected chi connectivity index (χ2v) is 5.60. The van der Waals surface area contributed by atoms with E-state index in [4.69, 9.17) is 4.84 Å². The summed E-state index contributed by atoms with van der Waals surface area (Å²) in [6.07, 6.45) is 1.56. The fraction of sp³-hybridized carbons (Fsp3) is 0.375. The van der Waals surface area contributed by atoms with E-state index in [-0.39, 0.29) is 12.1 Å². The van der Waals surface area contributed by atoms with Gasteiger partial charge in [0.1, 0.15) is 11.9 Å².